The molecule has 0 aliphatic carbocycles. The Morgan fingerprint density at radius 1 is 1.46 bits per heavy atom. The van der Waals surface area contributed by atoms with E-state index in [0.717, 1.165) is 5.56 Å². The van der Waals surface area contributed by atoms with E-state index in [4.69, 9.17) is 27.9 Å². The molecule has 4 heteroatoms. The number of hydrogen-bond acceptors (Lipinski definition) is 2. The lowest BCUT2D eigenvalue weighted by molar-refractivity contribution is 0.0656. The summed E-state index contributed by atoms with van der Waals surface area (Å²) in [5.74, 6) is 0. The minimum Gasteiger partial charge on any atom is -0.374 e. The Kier molecular flexibility index (Phi) is 3.97. The van der Waals surface area contributed by atoms with Crippen LogP contribution in [0.25, 0.3) is 0 Å². The molecule has 0 spiro atoms. The number of hydrogen-bond donors (Lipinski definition) is 0. The highest BCUT2D eigenvalue weighted by atomic mass is 35.5. The summed E-state index contributed by atoms with van der Waals surface area (Å²) < 4.78 is 5.38. The Balaban J connectivity index is 2.67. The van der Waals surface area contributed by atoms with Crippen LogP contribution in [-0.4, -0.2) is 11.1 Å². The van der Waals surface area contributed by atoms with E-state index in [1.54, 1.807) is 12.3 Å². The molecule has 0 N–H and O–H groups in total. The molecule has 0 aliphatic rings. The number of ether oxygens (including phenoxy) is 1. The Hall–Kier alpha value is -0.310. The second-order valence-electron chi connectivity index (χ2n) is 2.96. The second-order valence-corrected chi connectivity index (χ2v) is 3.75. The molecule has 13 heavy (non-hydrogen) atoms. The lowest BCUT2D eigenvalue weighted by atomic mass is 10.3. The topological polar surface area (TPSA) is 22.1 Å². The molecule has 0 atom stereocenters. The first kappa shape index (κ1) is 10.8. The van der Waals surface area contributed by atoms with Crippen molar-refractivity contribution in [3.8, 4) is 0 Å². The van der Waals surface area contributed by atoms with Crippen molar-refractivity contribution in [1.82, 2.24) is 4.98 Å². The van der Waals surface area contributed by atoms with E-state index in [1.165, 1.54) is 0 Å². The van der Waals surface area contributed by atoms with Gasteiger partial charge in [-0.05, 0) is 19.9 Å². The smallest absolute Gasteiger partial charge is 0.130 e. The predicted octanol–water partition coefficient (Wildman–Crippen LogP) is 3.31. The highest BCUT2D eigenvalue weighted by molar-refractivity contribution is 6.34. The van der Waals surface area contributed by atoms with Gasteiger partial charge >= 0.3 is 0 Å². The summed E-state index contributed by atoms with van der Waals surface area (Å²) in [5.41, 5.74) is 0.861. The molecule has 1 heterocycles. The van der Waals surface area contributed by atoms with Crippen LogP contribution in [0.2, 0.25) is 10.2 Å². The van der Waals surface area contributed by atoms with Crippen LogP contribution >= 0.6 is 23.2 Å². The molecular formula is C9H11Cl2NO. The fourth-order valence-electron chi connectivity index (χ4n) is 0.798. The molecule has 0 aromatic carbocycles. The zero-order valence-corrected chi connectivity index (χ0v) is 9.06. The van der Waals surface area contributed by atoms with Gasteiger partial charge in [-0.3, -0.25) is 0 Å². The Labute approximate surface area is 87.8 Å². The van der Waals surface area contributed by atoms with E-state index in [-0.39, 0.29) is 6.10 Å². The van der Waals surface area contributed by atoms with E-state index in [0.29, 0.717) is 16.8 Å². The highest BCUT2D eigenvalue weighted by Crippen LogP contribution is 2.19. The lowest BCUT2D eigenvalue weighted by Crippen LogP contribution is -2.02. The molecule has 0 saturated heterocycles. The SMILES string of the molecule is CC(C)OCc1cnc(Cl)cc1Cl. The number of rotatable bonds is 3. The normalized spacial score (nSPS) is 10.8. The largest absolute Gasteiger partial charge is 0.374 e. The molecule has 0 saturated carbocycles. The molecule has 0 fully saturated rings. The monoisotopic (exact) mass is 219 g/mol. The maximum atomic E-state index is 5.91. The van der Waals surface area contributed by atoms with Gasteiger partial charge in [0.2, 0.25) is 0 Å². The van der Waals surface area contributed by atoms with Crippen LogP contribution in [0, 0.1) is 0 Å². The molecular weight excluding hydrogens is 209 g/mol. The fourth-order valence-corrected chi connectivity index (χ4v) is 1.22. The standard InChI is InChI=1S/C9H11Cl2NO/c1-6(2)13-5-7-4-12-9(11)3-8(7)10/h3-4,6H,5H2,1-2H3. The van der Waals surface area contributed by atoms with Crippen LogP contribution in [0.1, 0.15) is 19.4 Å². The Morgan fingerprint density at radius 3 is 2.69 bits per heavy atom. The van der Waals surface area contributed by atoms with Gasteiger partial charge in [0.05, 0.1) is 17.7 Å². The molecule has 1 rings (SSSR count). The van der Waals surface area contributed by atoms with Crippen molar-refractivity contribution in [2.45, 2.75) is 26.6 Å². The van der Waals surface area contributed by atoms with Gasteiger partial charge in [0.15, 0.2) is 0 Å². The van der Waals surface area contributed by atoms with Crippen molar-refractivity contribution in [2.24, 2.45) is 0 Å². The van der Waals surface area contributed by atoms with Crippen LogP contribution in [0.5, 0.6) is 0 Å². The van der Waals surface area contributed by atoms with Crippen molar-refractivity contribution in [3.63, 3.8) is 0 Å². The first-order valence-corrected chi connectivity index (χ1v) is 4.76. The van der Waals surface area contributed by atoms with Gasteiger partial charge in [-0.25, -0.2) is 4.98 Å². The van der Waals surface area contributed by atoms with Crippen molar-refractivity contribution >= 4 is 23.2 Å². The molecule has 0 aliphatic heterocycles. The zero-order chi connectivity index (χ0) is 9.84. The average Bonchev–Trinajstić information content (AvgIpc) is 2.02. The summed E-state index contributed by atoms with van der Waals surface area (Å²) >= 11 is 11.6. The first-order valence-electron chi connectivity index (χ1n) is 4.01. The van der Waals surface area contributed by atoms with E-state index in [2.05, 4.69) is 4.98 Å². The number of aromatic nitrogens is 1. The molecule has 0 unspecified atom stereocenters. The van der Waals surface area contributed by atoms with Gasteiger partial charge in [-0.15, -0.1) is 0 Å². The summed E-state index contributed by atoms with van der Waals surface area (Å²) in [5, 5.41) is 0.999. The van der Waals surface area contributed by atoms with Gasteiger partial charge in [0.25, 0.3) is 0 Å². The van der Waals surface area contributed by atoms with Crippen LogP contribution in [-0.2, 0) is 11.3 Å². The van der Waals surface area contributed by atoms with Crippen molar-refractivity contribution in [1.29, 1.82) is 0 Å². The number of pyridine rings is 1. The number of nitrogens with zero attached hydrogens (tertiary/aromatic N) is 1. The van der Waals surface area contributed by atoms with Crippen molar-refractivity contribution in [3.05, 3.63) is 28.0 Å². The summed E-state index contributed by atoms with van der Waals surface area (Å²) in [4.78, 5) is 3.92. The molecule has 0 radical (unpaired) electrons. The third kappa shape index (κ3) is 3.51. The predicted molar refractivity (Wildman–Crippen MR) is 54.2 cm³/mol. The summed E-state index contributed by atoms with van der Waals surface area (Å²) in [7, 11) is 0. The molecule has 72 valence electrons. The Morgan fingerprint density at radius 2 is 2.15 bits per heavy atom. The highest BCUT2D eigenvalue weighted by Gasteiger charge is 2.03. The zero-order valence-electron chi connectivity index (χ0n) is 7.55. The van der Waals surface area contributed by atoms with Crippen LogP contribution in [0.3, 0.4) is 0 Å². The molecule has 0 bridgehead atoms. The van der Waals surface area contributed by atoms with Crippen LogP contribution < -0.4 is 0 Å². The maximum Gasteiger partial charge on any atom is 0.130 e. The molecule has 1 aromatic heterocycles. The van der Waals surface area contributed by atoms with E-state index < -0.39 is 0 Å². The van der Waals surface area contributed by atoms with Gasteiger partial charge < -0.3 is 4.74 Å². The van der Waals surface area contributed by atoms with Crippen molar-refractivity contribution < 1.29 is 4.74 Å². The number of halogens is 2. The minimum atomic E-state index is 0.187. The van der Waals surface area contributed by atoms with E-state index >= 15 is 0 Å². The molecule has 2 nitrogen and oxygen atoms in total. The van der Waals surface area contributed by atoms with Gasteiger partial charge in [0, 0.05) is 11.8 Å². The van der Waals surface area contributed by atoms with Gasteiger partial charge in [-0.1, -0.05) is 23.2 Å². The first-order chi connectivity index (χ1) is 6.09. The molecule has 0 amide bonds. The van der Waals surface area contributed by atoms with E-state index in [1.807, 2.05) is 13.8 Å². The fraction of sp³-hybridized carbons (Fsp3) is 0.444. The summed E-state index contributed by atoms with van der Waals surface area (Å²) in [6, 6.07) is 1.61. The van der Waals surface area contributed by atoms with Crippen molar-refractivity contribution in [2.75, 3.05) is 0 Å². The Bertz CT molecular complexity index is 289. The third-order valence-electron chi connectivity index (χ3n) is 1.47. The average molecular weight is 220 g/mol. The lowest BCUT2D eigenvalue weighted by Gasteiger charge is -2.08. The van der Waals surface area contributed by atoms with Gasteiger partial charge in [0.1, 0.15) is 5.15 Å². The minimum absolute atomic E-state index is 0.187. The quantitative estimate of drug-likeness (QED) is 0.729. The molecule has 1 aromatic rings. The van der Waals surface area contributed by atoms with Crippen LogP contribution in [0.4, 0.5) is 0 Å². The third-order valence-corrected chi connectivity index (χ3v) is 2.03. The van der Waals surface area contributed by atoms with E-state index in [9.17, 15) is 0 Å². The van der Waals surface area contributed by atoms with Gasteiger partial charge in [-0.2, -0.15) is 0 Å². The summed E-state index contributed by atoms with van der Waals surface area (Å²) in [6.07, 6.45) is 1.82. The van der Waals surface area contributed by atoms with Crippen LogP contribution in [0.15, 0.2) is 12.3 Å². The maximum absolute atomic E-state index is 5.91. The second kappa shape index (κ2) is 4.80. The summed E-state index contributed by atoms with van der Waals surface area (Å²) in [6.45, 7) is 4.41.